The number of benzene rings is 1. The maximum Gasteiger partial charge on any atom is 0.119 e. The number of methoxy groups -OCH3 is 1. The summed E-state index contributed by atoms with van der Waals surface area (Å²) >= 11 is 0. The van der Waals surface area contributed by atoms with Crippen molar-refractivity contribution in [3.8, 4) is 5.75 Å². The molecule has 2 nitrogen and oxygen atoms in total. The summed E-state index contributed by atoms with van der Waals surface area (Å²) in [5.41, 5.74) is 9.57. The van der Waals surface area contributed by atoms with Gasteiger partial charge in [-0.2, -0.15) is 0 Å². The van der Waals surface area contributed by atoms with Gasteiger partial charge in [-0.05, 0) is 42.0 Å². The fourth-order valence-corrected chi connectivity index (χ4v) is 3.72. The Hall–Kier alpha value is -1.02. The van der Waals surface area contributed by atoms with Crippen LogP contribution in [0.15, 0.2) is 18.2 Å². The summed E-state index contributed by atoms with van der Waals surface area (Å²) < 4.78 is 5.40. The molecule has 1 aliphatic rings. The Balaban J connectivity index is 2.52. The second-order valence-electron chi connectivity index (χ2n) is 6.09. The lowest BCUT2D eigenvalue weighted by molar-refractivity contribution is 0.230. The average Bonchev–Trinajstić information content (AvgIpc) is 2.43. The fraction of sp³-hybridized carbons (Fsp3) is 0.647. The van der Waals surface area contributed by atoms with Gasteiger partial charge in [0, 0.05) is 11.5 Å². The van der Waals surface area contributed by atoms with E-state index in [2.05, 4.69) is 39.0 Å². The van der Waals surface area contributed by atoms with E-state index in [0.29, 0.717) is 5.92 Å². The molecule has 0 spiro atoms. The summed E-state index contributed by atoms with van der Waals surface area (Å²) in [7, 11) is 1.73. The molecule has 106 valence electrons. The van der Waals surface area contributed by atoms with Gasteiger partial charge in [-0.15, -0.1) is 0 Å². The summed E-state index contributed by atoms with van der Waals surface area (Å²) in [5.74, 6) is 1.54. The van der Waals surface area contributed by atoms with Crippen LogP contribution in [0, 0.1) is 5.92 Å². The molecule has 2 N–H and O–H groups in total. The molecule has 0 heterocycles. The topological polar surface area (TPSA) is 35.2 Å². The molecular weight excluding hydrogens is 234 g/mol. The largest absolute Gasteiger partial charge is 0.497 e. The van der Waals surface area contributed by atoms with E-state index in [-0.39, 0.29) is 11.5 Å². The van der Waals surface area contributed by atoms with Gasteiger partial charge in [0.15, 0.2) is 0 Å². The van der Waals surface area contributed by atoms with E-state index >= 15 is 0 Å². The third-order valence-corrected chi connectivity index (χ3v) is 4.95. The van der Waals surface area contributed by atoms with Gasteiger partial charge in [0.05, 0.1) is 7.11 Å². The summed E-state index contributed by atoms with van der Waals surface area (Å²) in [6.07, 6.45) is 4.57. The van der Waals surface area contributed by atoms with Crippen molar-refractivity contribution in [2.24, 2.45) is 11.7 Å². The fourth-order valence-electron chi connectivity index (χ4n) is 3.72. The van der Waals surface area contributed by atoms with E-state index in [0.717, 1.165) is 31.4 Å². The van der Waals surface area contributed by atoms with Gasteiger partial charge < -0.3 is 10.5 Å². The van der Waals surface area contributed by atoms with Gasteiger partial charge in [0.1, 0.15) is 5.75 Å². The molecule has 1 aliphatic carbocycles. The van der Waals surface area contributed by atoms with Gasteiger partial charge in [0.25, 0.3) is 0 Å². The second kappa shape index (κ2) is 5.54. The first-order chi connectivity index (χ1) is 9.06. The van der Waals surface area contributed by atoms with Gasteiger partial charge in [-0.25, -0.2) is 0 Å². The quantitative estimate of drug-likeness (QED) is 0.897. The third-order valence-electron chi connectivity index (χ3n) is 4.95. The molecule has 0 aromatic heterocycles. The lowest BCUT2D eigenvalue weighted by atomic mass is 9.61. The first-order valence-corrected chi connectivity index (χ1v) is 7.49. The highest BCUT2D eigenvalue weighted by molar-refractivity contribution is 5.44. The van der Waals surface area contributed by atoms with Crippen LogP contribution in [0.1, 0.15) is 51.2 Å². The predicted octanol–water partition coefficient (Wildman–Crippen LogP) is 3.66. The first-order valence-electron chi connectivity index (χ1n) is 7.49. The third kappa shape index (κ3) is 2.38. The highest BCUT2D eigenvalue weighted by atomic mass is 16.5. The number of hydrogen-bond donors (Lipinski definition) is 1. The minimum atomic E-state index is 0.0809. The van der Waals surface area contributed by atoms with Crippen LogP contribution in [-0.4, -0.2) is 13.2 Å². The molecular formula is C17H27NO. The molecule has 0 fully saturated rings. The van der Waals surface area contributed by atoms with Crippen molar-refractivity contribution >= 4 is 0 Å². The van der Waals surface area contributed by atoms with E-state index in [1.165, 1.54) is 11.1 Å². The zero-order chi connectivity index (χ0) is 14.0. The number of nitrogens with two attached hydrogens (primary N) is 1. The molecule has 0 saturated heterocycles. The predicted molar refractivity (Wildman–Crippen MR) is 80.7 cm³/mol. The molecule has 2 heteroatoms. The van der Waals surface area contributed by atoms with Crippen LogP contribution >= 0.6 is 0 Å². The molecule has 19 heavy (non-hydrogen) atoms. The first kappa shape index (κ1) is 14.4. The van der Waals surface area contributed by atoms with Gasteiger partial charge >= 0.3 is 0 Å². The zero-order valence-electron chi connectivity index (χ0n) is 12.7. The standard InChI is InChI=1S/C17H27NO/c1-5-9-17(3)15-11-14(19-4)8-7-13(15)10-12(6-2)16(17)18/h7-8,11-12,16H,5-6,9-10,18H2,1-4H3. The minimum absolute atomic E-state index is 0.0809. The van der Waals surface area contributed by atoms with Crippen molar-refractivity contribution in [1.82, 2.24) is 0 Å². The van der Waals surface area contributed by atoms with Gasteiger partial charge in [0.2, 0.25) is 0 Å². The molecule has 1 aromatic rings. The van der Waals surface area contributed by atoms with E-state index in [1.54, 1.807) is 7.11 Å². The van der Waals surface area contributed by atoms with Crippen molar-refractivity contribution in [3.05, 3.63) is 29.3 Å². The molecule has 0 amide bonds. The van der Waals surface area contributed by atoms with Crippen molar-refractivity contribution in [2.45, 2.75) is 57.9 Å². The molecule has 3 unspecified atom stereocenters. The number of ether oxygens (including phenoxy) is 1. The van der Waals surface area contributed by atoms with Crippen LogP contribution in [0.2, 0.25) is 0 Å². The van der Waals surface area contributed by atoms with Crippen LogP contribution in [0.3, 0.4) is 0 Å². The summed E-state index contributed by atoms with van der Waals surface area (Å²) in [4.78, 5) is 0. The number of fused-ring (bicyclic) bond motifs is 1. The minimum Gasteiger partial charge on any atom is -0.497 e. The van der Waals surface area contributed by atoms with Crippen LogP contribution in [-0.2, 0) is 11.8 Å². The molecule has 1 aromatic carbocycles. The highest BCUT2D eigenvalue weighted by Crippen LogP contribution is 2.44. The molecule has 0 bridgehead atoms. The maximum absolute atomic E-state index is 6.62. The summed E-state index contributed by atoms with van der Waals surface area (Å²) in [5, 5.41) is 0. The zero-order valence-corrected chi connectivity index (χ0v) is 12.7. The number of rotatable bonds is 4. The van der Waals surface area contributed by atoms with Crippen LogP contribution in [0.5, 0.6) is 5.75 Å². The monoisotopic (exact) mass is 261 g/mol. The molecule has 0 saturated carbocycles. The van der Waals surface area contributed by atoms with Gasteiger partial charge in [-0.1, -0.05) is 39.7 Å². The smallest absolute Gasteiger partial charge is 0.119 e. The van der Waals surface area contributed by atoms with Crippen molar-refractivity contribution in [2.75, 3.05) is 7.11 Å². The lowest BCUT2D eigenvalue weighted by Crippen LogP contribution is -2.52. The second-order valence-corrected chi connectivity index (χ2v) is 6.09. The highest BCUT2D eigenvalue weighted by Gasteiger charge is 2.42. The van der Waals surface area contributed by atoms with Crippen molar-refractivity contribution < 1.29 is 4.74 Å². The molecule has 0 aliphatic heterocycles. The van der Waals surface area contributed by atoms with Gasteiger partial charge in [-0.3, -0.25) is 0 Å². The Labute approximate surface area is 117 Å². The van der Waals surface area contributed by atoms with Crippen LogP contribution in [0.25, 0.3) is 0 Å². The molecule has 2 rings (SSSR count). The summed E-state index contributed by atoms with van der Waals surface area (Å²) in [6, 6.07) is 6.76. The SMILES string of the molecule is CCCC1(C)c2cc(OC)ccc2CC(CC)C1N. The van der Waals surface area contributed by atoms with E-state index in [9.17, 15) is 0 Å². The van der Waals surface area contributed by atoms with E-state index < -0.39 is 0 Å². The molecule has 3 atom stereocenters. The Kier molecular flexibility index (Phi) is 4.19. The Bertz CT molecular complexity index is 443. The van der Waals surface area contributed by atoms with E-state index in [4.69, 9.17) is 10.5 Å². The van der Waals surface area contributed by atoms with Crippen molar-refractivity contribution in [1.29, 1.82) is 0 Å². The molecule has 0 radical (unpaired) electrons. The lowest BCUT2D eigenvalue weighted by Gasteiger charge is -2.46. The Morgan fingerprint density at radius 3 is 2.68 bits per heavy atom. The number of hydrogen-bond acceptors (Lipinski definition) is 2. The summed E-state index contributed by atoms with van der Waals surface area (Å²) in [6.45, 7) is 6.83. The van der Waals surface area contributed by atoms with Crippen molar-refractivity contribution in [3.63, 3.8) is 0 Å². The van der Waals surface area contributed by atoms with E-state index in [1.807, 2.05) is 0 Å². The van der Waals surface area contributed by atoms with Crippen LogP contribution < -0.4 is 10.5 Å². The normalized spacial score (nSPS) is 29.9. The Morgan fingerprint density at radius 2 is 2.11 bits per heavy atom. The maximum atomic E-state index is 6.62. The Morgan fingerprint density at radius 1 is 1.37 bits per heavy atom. The van der Waals surface area contributed by atoms with Crippen LogP contribution in [0.4, 0.5) is 0 Å². The average molecular weight is 261 g/mol.